The first kappa shape index (κ1) is 10.2. The van der Waals surface area contributed by atoms with Gasteiger partial charge in [0.15, 0.2) is 0 Å². The molecule has 1 nitrogen and oxygen atoms in total. The van der Waals surface area contributed by atoms with Crippen LogP contribution < -0.4 is 0 Å². The van der Waals surface area contributed by atoms with Crippen LogP contribution in [0.1, 0.15) is 37.8 Å². The number of aromatic nitrogens is 1. The zero-order valence-electron chi connectivity index (χ0n) is 9.62. The highest BCUT2D eigenvalue weighted by molar-refractivity contribution is 5.83. The highest BCUT2D eigenvalue weighted by Gasteiger charge is 2.05. The van der Waals surface area contributed by atoms with Gasteiger partial charge in [-0.3, -0.25) is 4.98 Å². The van der Waals surface area contributed by atoms with Crippen LogP contribution in [0.2, 0.25) is 0 Å². The van der Waals surface area contributed by atoms with E-state index in [1.807, 2.05) is 6.20 Å². The second kappa shape index (κ2) is 4.01. The van der Waals surface area contributed by atoms with Gasteiger partial charge in [-0.2, -0.15) is 0 Å². The molecule has 0 atom stereocenters. The molecular weight excluding hydrogens is 182 g/mol. The minimum Gasteiger partial charge on any atom is -0.256 e. The molecular formula is C14H17N. The summed E-state index contributed by atoms with van der Waals surface area (Å²) >= 11 is 0. The standard InChI is InChI=1S/C14H17N/c1-4-11-8-13-12(10(2)3)6-5-7-14(13)15-9-11/h5-10H,4H2,1-3H3. The van der Waals surface area contributed by atoms with Crippen molar-refractivity contribution in [2.75, 3.05) is 0 Å². The van der Waals surface area contributed by atoms with Gasteiger partial charge in [0.1, 0.15) is 0 Å². The number of hydrogen-bond acceptors (Lipinski definition) is 1. The molecule has 1 heterocycles. The van der Waals surface area contributed by atoms with Crippen LogP contribution >= 0.6 is 0 Å². The van der Waals surface area contributed by atoms with Gasteiger partial charge >= 0.3 is 0 Å². The summed E-state index contributed by atoms with van der Waals surface area (Å²) in [6.07, 6.45) is 3.03. The van der Waals surface area contributed by atoms with Crippen LogP contribution in [0.4, 0.5) is 0 Å². The normalized spacial score (nSPS) is 11.2. The van der Waals surface area contributed by atoms with Crippen molar-refractivity contribution in [3.8, 4) is 0 Å². The van der Waals surface area contributed by atoms with Crippen LogP contribution in [0.5, 0.6) is 0 Å². The molecule has 1 aromatic heterocycles. The maximum Gasteiger partial charge on any atom is 0.0705 e. The Morgan fingerprint density at radius 3 is 2.73 bits per heavy atom. The van der Waals surface area contributed by atoms with Crippen LogP contribution in [-0.4, -0.2) is 4.98 Å². The van der Waals surface area contributed by atoms with E-state index in [2.05, 4.69) is 50.0 Å². The van der Waals surface area contributed by atoms with Crippen molar-refractivity contribution < 1.29 is 0 Å². The highest BCUT2D eigenvalue weighted by atomic mass is 14.6. The van der Waals surface area contributed by atoms with Gasteiger partial charge in [0.25, 0.3) is 0 Å². The van der Waals surface area contributed by atoms with E-state index < -0.39 is 0 Å². The average Bonchev–Trinajstić information content (AvgIpc) is 2.27. The smallest absolute Gasteiger partial charge is 0.0705 e. The maximum atomic E-state index is 4.50. The third-order valence-corrected chi connectivity index (χ3v) is 2.85. The van der Waals surface area contributed by atoms with E-state index >= 15 is 0 Å². The van der Waals surface area contributed by atoms with Crippen molar-refractivity contribution in [3.63, 3.8) is 0 Å². The van der Waals surface area contributed by atoms with Gasteiger partial charge in [-0.1, -0.05) is 32.9 Å². The molecule has 0 bridgehead atoms. The van der Waals surface area contributed by atoms with Gasteiger partial charge in [-0.15, -0.1) is 0 Å². The number of hydrogen-bond donors (Lipinski definition) is 0. The molecule has 0 spiro atoms. The molecule has 0 fully saturated rings. The van der Waals surface area contributed by atoms with Crippen LogP contribution in [0.3, 0.4) is 0 Å². The van der Waals surface area contributed by atoms with Crippen molar-refractivity contribution >= 4 is 10.9 Å². The third-order valence-electron chi connectivity index (χ3n) is 2.85. The predicted molar refractivity (Wildman–Crippen MR) is 65.2 cm³/mol. The van der Waals surface area contributed by atoms with Crippen LogP contribution in [0, 0.1) is 0 Å². The molecule has 78 valence electrons. The summed E-state index contributed by atoms with van der Waals surface area (Å²) in [7, 11) is 0. The largest absolute Gasteiger partial charge is 0.256 e. The Bertz CT molecular complexity index is 472. The predicted octanol–water partition coefficient (Wildman–Crippen LogP) is 3.92. The van der Waals surface area contributed by atoms with E-state index in [-0.39, 0.29) is 0 Å². The Morgan fingerprint density at radius 1 is 1.27 bits per heavy atom. The average molecular weight is 199 g/mol. The first-order valence-electron chi connectivity index (χ1n) is 5.60. The van der Waals surface area contributed by atoms with Gasteiger partial charge < -0.3 is 0 Å². The molecule has 2 rings (SSSR count). The Hall–Kier alpha value is -1.37. The summed E-state index contributed by atoms with van der Waals surface area (Å²) in [6.45, 7) is 6.63. The van der Waals surface area contributed by atoms with Gasteiger partial charge in [0, 0.05) is 11.6 Å². The summed E-state index contributed by atoms with van der Waals surface area (Å²) in [6, 6.07) is 8.66. The summed E-state index contributed by atoms with van der Waals surface area (Å²) in [4.78, 5) is 4.50. The lowest BCUT2D eigenvalue weighted by Crippen LogP contribution is -1.92. The molecule has 0 unspecified atom stereocenters. The van der Waals surface area contributed by atoms with E-state index in [0.717, 1.165) is 11.9 Å². The fourth-order valence-corrected chi connectivity index (χ4v) is 1.91. The number of nitrogens with zero attached hydrogens (tertiary/aromatic N) is 1. The molecule has 0 aliphatic heterocycles. The van der Waals surface area contributed by atoms with Crippen molar-refractivity contribution in [2.45, 2.75) is 33.1 Å². The van der Waals surface area contributed by atoms with Crippen LogP contribution in [0.15, 0.2) is 30.5 Å². The second-order valence-corrected chi connectivity index (χ2v) is 4.27. The van der Waals surface area contributed by atoms with E-state index in [0.29, 0.717) is 5.92 Å². The second-order valence-electron chi connectivity index (χ2n) is 4.27. The van der Waals surface area contributed by atoms with Gasteiger partial charge in [0.2, 0.25) is 0 Å². The molecule has 1 heteroatoms. The summed E-state index contributed by atoms with van der Waals surface area (Å²) in [5, 5.41) is 1.31. The van der Waals surface area contributed by atoms with E-state index in [1.165, 1.54) is 16.5 Å². The zero-order valence-corrected chi connectivity index (χ0v) is 9.62. The minimum absolute atomic E-state index is 0.558. The topological polar surface area (TPSA) is 12.9 Å². The van der Waals surface area contributed by atoms with Crippen molar-refractivity contribution in [3.05, 3.63) is 41.6 Å². The minimum atomic E-state index is 0.558. The third kappa shape index (κ3) is 1.87. The Morgan fingerprint density at radius 2 is 2.07 bits per heavy atom. The highest BCUT2D eigenvalue weighted by Crippen LogP contribution is 2.24. The Balaban J connectivity index is 2.70. The molecule has 0 radical (unpaired) electrons. The lowest BCUT2D eigenvalue weighted by atomic mass is 9.97. The Kier molecular flexibility index (Phi) is 2.72. The maximum absolute atomic E-state index is 4.50. The van der Waals surface area contributed by atoms with E-state index in [9.17, 15) is 0 Å². The number of pyridine rings is 1. The molecule has 0 N–H and O–H groups in total. The van der Waals surface area contributed by atoms with Crippen LogP contribution in [-0.2, 0) is 6.42 Å². The number of aryl methyl sites for hydroxylation is 1. The number of rotatable bonds is 2. The Labute approximate surface area is 91.2 Å². The summed E-state index contributed by atoms with van der Waals surface area (Å²) in [5.41, 5.74) is 3.82. The van der Waals surface area contributed by atoms with Crippen LogP contribution in [0.25, 0.3) is 10.9 Å². The van der Waals surface area contributed by atoms with E-state index in [1.54, 1.807) is 0 Å². The monoisotopic (exact) mass is 199 g/mol. The van der Waals surface area contributed by atoms with Crippen molar-refractivity contribution in [2.24, 2.45) is 0 Å². The SMILES string of the molecule is CCc1cnc2cccc(C(C)C)c2c1. The fraction of sp³-hybridized carbons (Fsp3) is 0.357. The molecule has 1 aromatic carbocycles. The van der Waals surface area contributed by atoms with Crippen molar-refractivity contribution in [1.29, 1.82) is 0 Å². The summed E-state index contributed by atoms with van der Waals surface area (Å²) in [5.74, 6) is 0.558. The van der Waals surface area contributed by atoms with Gasteiger partial charge in [-0.25, -0.2) is 0 Å². The lowest BCUT2D eigenvalue weighted by Gasteiger charge is -2.10. The molecule has 0 amide bonds. The number of fused-ring (bicyclic) bond motifs is 1. The molecule has 0 saturated carbocycles. The molecule has 15 heavy (non-hydrogen) atoms. The lowest BCUT2D eigenvalue weighted by molar-refractivity contribution is 0.875. The first-order valence-corrected chi connectivity index (χ1v) is 5.60. The quantitative estimate of drug-likeness (QED) is 0.714. The fourth-order valence-electron chi connectivity index (χ4n) is 1.91. The van der Waals surface area contributed by atoms with Crippen molar-refractivity contribution in [1.82, 2.24) is 4.98 Å². The van der Waals surface area contributed by atoms with E-state index in [4.69, 9.17) is 0 Å². The molecule has 2 aromatic rings. The first-order chi connectivity index (χ1) is 7.22. The molecule has 0 aliphatic carbocycles. The zero-order chi connectivity index (χ0) is 10.8. The van der Waals surface area contributed by atoms with Gasteiger partial charge in [0.05, 0.1) is 5.52 Å². The molecule has 0 saturated heterocycles. The number of benzene rings is 1. The molecule has 0 aliphatic rings. The summed E-state index contributed by atoms with van der Waals surface area (Å²) < 4.78 is 0. The van der Waals surface area contributed by atoms with Gasteiger partial charge in [-0.05, 0) is 35.6 Å².